The number of ether oxygens (including phenoxy) is 1. The molecule has 0 atom stereocenters. The topological polar surface area (TPSA) is 80.2 Å². The summed E-state index contributed by atoms with van der Waals surface area (Å²) in [5.74, 6) is 0.256. The highest BCUT2D eigenvalue weighted by atomic mass is 16.6. The Balaban J connectivity index is 1.68. The molecular weight excluding hydrogens is 296 g/mol. The van der Waals surface area contributed by atoms with Gasteiger partial charge in [0.05, 0.1) is 17.2 Å². The zero-order valence-corrected chi connectivity index (χ0v) is 13.9. The third-order valence-corrected chi connectivity index (χ3v) is 3.91. The van der Waals surface area contributed by atoms with E-state index in [9.17, 15) is 9.59 Å². The van der Waals surface area contributed by atoms with Crippen LogP contribution in [0.3, 0.4) is 0 Å². The molecule has 1 aliphatic heterocycles. The second-order valence-electron chi connectivity index (χ2n) is 7.14. The Hall–Kier alpha value is -2.31. The van der Waals surface area contributed by atoms with Gasteiger partial charge in [-0.2, -0.15) is 0 Å². The van der Waals surface area contributed by atoms with Crippen molar-refractivity contribution in [1.29, 1.82) is 0 Å². The molecule has 0 radical (unpaired) electrons. The smallest absolute Gasteiger partial charge is 0.410 e. The first-order valence-electron chi connectivity index (χ1n) is 7.75. The fourth-order valence-electron chi connectivity index (χ4n) is 2.89. The molecule has 1 N–H and O–H groups in total. The number of aryl methyl sites for hydroxylation is 1. The van der Waals surface area contributed by atoms with Crippen LogP contribution in [-0.2, 0) is 11.3 Å². The molecule has 7 heteroatoms. The highest BCUT2D eigenvalue weighted by Gasteiger charge is 2.34. The van der Waals surface area contributed by atoms with Crippen molar-refractivity contribution in [2.75, 3.05) is 13.1 Å². The molecule has 0 unspecified atom stereocenters. The summed E-state index contributed by atoms with van der Waals surface area (Å²) in [6.45, 7) is 9.30. The Morgan fingerprint density at radius 1 is 1.39 bits per heavy atom. The van der Waals surface area contributed by atoms with E-state index in [1.54, 1.807) is 21.9 Å². The normalized spacial score (nSPS) is 15.7. The van der Waals surface area contributed by atoms with E-state index in [1.807, 2.05) is 27.7 Å². The number of fused-ring (bicyclic) bond motifs is 1. The van der Waals surface area contributed by atoms with Crippen LogP contribution in [0.15, 0.2) is 17.2 Å². The van der Waals surface area contributed by atoms with Crippen LogP contribution in [-0.4, -0.2) is 44.2 Å². The van der Waals surface area contributed by atoms with Crippen molar-refractivity contribution < 1.29 is 9.53 Å². The lowest BCUT2D eigenvalue weighted by atomic mass is 10.0. The van der Waals surface area contributed by atoms with Crippen molar-refractivity contribution in [3.8, 4) is 0 Å². The minimum absolute atomic E-state index is 0.133. The number of hydrogen-bond donors (Lipinski definition) is 1. The standard InChI is InChI=1S/C16H22N4O3/c1-10-5-17-6-12-13(10)20(14(21)18-12)9-11-7-19(8-11)15(22)23-16(2,3)4/h5-6,11H,7-9H2,1-4H3,(H,18,21). The lowest BCUT2D eigenvalue weighted by molar-refractivity contribution is -0.00328. The number of likely N-dealkylation sites (tertiary alicyclic amines) is 1. The average Bonchev–Trinajstić information content (AvgIpc) is 2.68. The Kier molecular flexibility index (Phi) is 3.66. The molecule has 1 saturated heterocycles. The van der Waals surface area contributed by atoms with E-state index in [0.717, 1.165) is 16.6 Å². The molecule has 1 fully saturated rings. The number of H-pyrrole nitrogens is 1. The van der Waals surface area contributed by atoms with Crippen molar-refractivity contribution in [3.05, 3.63) is 28.4 Å². The van der Waals surface area contributed by atoms with Crippen molar-refractivity contribution in [1.82, 2.24) is 19.4 Å². The number of carbonyl (C=O) groups is 1. The highest BCUT2D eigenvalue weighted by molar-refractivity contribution is 5.77. The van der Waals surface area contributed by atoms with Crippen LogP contribution in [0.5, 0.6) is 0 Å². The Morgan fingerprint density at radius 3 is 2.74 bits per heavy atom. The molecule has 0 aromatic carbocycles. The fourth-order valence-corrected chi connectivity index (χ4v) is 2.89. The van der Waals surface area contributed by atoms with Crippen LogP contribution >= 0.6 is 0 Å². The summed E-state index contributed by atoms with van der Waals surface area (Å²) in [5, 5.41) is 0. The van der Waals surface area contributed by atoms with Crippen LogP contribution in [0.2, 0.25) is 0 Å². The van der Waals surface area contributed by atoms with Crippen molar-refractivity contribution in [2.45, 2.75) is 39.8 Å². The summed E-state index contributed by atoms with van der Waals surface area (Å²) >= 11 is 0. The highest BCUT2D eigenvalue weighted by Crippen LogP contribution is 2.22. The molecular formula is C16H22N4O3. The summed E-state index contributed by atoms with van der Waals surface area (Å²) in [6, 6.07) is 0. The van der Waals surface area contributed by atoms with Crippen molar-refractivity contribution in [2.24, 2.45) is 5.92 Å². The van der Waals surface area contributed by atoms with Crippen LogP contribution < -0.4 is 5.69 Å². The van der Waals surface area contributed by atoms with Gasteiger partial charge in [0.1, 0.15) is 5.60 Å². The van der Waals surface area contributed by atoms with Gasteiger partial charge in [-0.1, -0.05) is 0 Å². The second-order valence-corrected chi connectivity index (χ2v) is 7.14. The van der Waals surface area contributed by atoms with Crippen LogP contribution in [0.1, 0.15) is 26.3 Å². The molecule has 0 bridgehead atoms. The number of rotatable bonds is 2. The van der Waals surface area contributed by atoms with Gasteiger partial charge >= 0.3 is 11.8 Å². The lowest BCUT2D eigenvalue weighted by Crippen LogP contribution is -2.53. The van der Waals surface area contributed by atoms with Crippen molar-refractivity contribution in [3.63, 3.8) is 0 Å². The van der Waals surface area contributed by atoms with Crippen LogP contribution in [0, 0.1) is 12.8 Å². The van der Waals surface area contributed by atoms with E-state index in [4.69, 9.17) is 4.74 Å². The second kappa shape index (κ2) is 5.40. The zero-order valence-electron chi connectivity index (χ0n) is 13.9. The van der Waals surface area contributed by atoms with Crippen LogP contribution in [0.4, 0.5) is 4.79 Å². The van der Waals surface area contributed by atoms with E-state index in [2.05, 4.69) is 9.97 Å². The Morgan fingerprint density at radius 2 is 2.09 bits per heavy atom. The molecule has 2 aromatic rings. The van der Waals surface area contributed by atoms with E-state index in [-0.39, 0.29) is 17.7 Å². The van der Waals surface area contributed by atoms with Crippen LogP contribution in [0.25, 0.3) is 11.0 Å². The molecule has 3 heterocycles. The molecule has 23 heavy (non-hydrogen) atoms. The predicted molar refractivity (Wildman–Crippen MR) is 86.4 cm³/mol. The number of amides is 1. The number of imidazole rings is 1. The summed E-state index contributed by atoms with van der Waals surface area (Å²) in [4.78, 5) is 32.7. The average molecular weight is 318 g/mol. The maximum absolute atomic E-state index is 12.1. The molecule has 124 valence electrons. The molecule has 1 aliphatic rings. The summed E-state index contributed by atoms with van der Waals surface area (Å²) in [7, 11) is 0. The van der Waals surface area contributed by atoms with Gasteiger partial charge in [0.15, 0.2) is 0 Å². The number of pyridine rings is 1. The van der Waals surface area contributed by atoms with Gasteiger partial charge in [0.2, 0.25) is 0 Å². The van der Waals surface area contributed by atoms with E-state index in [1.165, 1.54) is 0 Å². The molecule has 0 saturated carbocycles. The van der Waals surface area contributed by atoms with E-state index in [0.29, 0.717) is 19.6 Å². The first-order chi connectivity index (χ1) is 10.7. The van der Waals surface area contributed by atoms with Gasteiger partial charge < -0.3 is 14.6 Å². The van der Waals surface area contributed by atoms with Crippen molar-refractivity contribution >= 4 is 17.1 Å². The Bertz CT molecular complexity index is 794. The molecule has 3 rings (SSSR count). The van der Waals surface area contributed by atoms with E-state index < -0.39 is 5.60 Å². The first-order valence-corrected chi connectivity index (χ1v) is 7.75. The lowest BCUT2D eigenvalue weighted by Gasteiger charge is -2.39. The first kappa shape index (κ1) is 15.6. The number of aromatic nitrogens is 3. The Labute approximate surface area is 134 Å². The van der Waals surface area contributed by atoms with Gasteiger partial charge in [0, 0.05) is 31.7 Å². The number of nitrogens with one attached hydrogen (secondary N) is 1. The predicted octanol–water partition coefficient (Wildman–Crippen LogP) is 1.90. The zero-order chi connectivity index (χ0) is 16.8. The van der Waals surface area contributed by atoms with Gasteiger partial charge in [-0.15, -0.1) is 0 Å². The SMILES string of the molecule is Cc1cncc2[nH]c(=O)n(CC3CN(C(=O)OC(C)(C)C)C3)c12. The number of carbonyl (C=O) groups excluding carboxylic acids is 1. The van der Waals surface area contributed by atoms with Gasteiger partial charge in [-0.05, 0) is 33.3 Å². The molecule has 0 spiro atoms. The number of nitrogens with zero attached hydrogens (tertiary/aromatic N) is 3. The maximum Gasteiger partial charge on any atom is 0.410 e. The van der Waals surface area contributed by atoms with Gasteiger partial charge in [-0.3, -0.25) is 9.55 Å². The molecule has 0 aliphatic carbocycles. The quantitative estimate of drug-likeness (QED) is 0.917. The minimum atomic E-state index is -0.486. The molecule has 1 amide bonds. The fraction of sp³-hybridized carbons (Fsp3) is 0.562. The molecule has 2 aromatic heterocycles. The van der Waals surface area contributed by atoms with E-state index >= 15 is 0 Å². The monoisotopic (exact) mass is 318 g/mol. The summed E-state index contributed by atoms with van der Waals surface area (Å²) in [6.07, 6.45) is 3.12. The van der Waals surface area contributed by atoms with Gasteiger partial charge in [0.25, 0.3) is 0 Å². The van der Waals surface area contributed by atoms with Gasteiger partial charge in [-0.25, -0.2) is 9.59 Å². The third kappa shape index (κ3) is 3.09. The third-order valence-electron chi connectivity index (χ3n) is 3.91. The maximum atomic E-state index is 12.1. The number of hydrogen-bond acceptors (Lipinski definition) is 4. The number of aromatic amines is 1. The summed E-state index contributed by atoms with van der Waals surface area (Å²) < 4.78 is 7.08. The summed E-state index contributed by atoms with van der Waals surface area (Å²) in [5.41, 5.74) is 1.98. The largest absolute Gasteiger partial charge is 0.444 e. The minimum Gasteiger partial charge on any atom is -0.444 e. The molecule has 7 nitrogen and oxygen atoms in total.